The van der Waals surface area contributed by atoms with Crippen LogP contribution in [-0.2, 0) is 26.5 Å². The molecule has 50 heavy (non-hydrogen) atoms. The van der Waals surface area contributed by atoms with E-state index in [1.165, 1.54) is 21.9 Å². The molecule has 1 radical (unpaired) electrons. The van der Waals surface area contributed by atoms with Crippen molar-refractivity contribution in [1.29, 1.82) is 0 Å². The maximum atomic E-state index is 6.33. The van der Waals surface area contributed by atoms with Crippen LogP contribution in [-0.4, -0.2) is 18.0 Å². The average Bonchev–Trinajstić information content (AvgIpc) is 3.46. The third kappa shape index (κ3) is 8.58. The summed E-state index contributed by atoms with van der Waals surface area (Å²) in [5, 5.41) is 3.70. The molecule has 3 aromatic heterocycles. The van der Waals surface area contributed by atoms with Crippen molar-refractivity contribution in [3.05, 3.63) is 139 Å². The summed E-state index contributed by atoms with van der Waals surface area (Å²) in [6.07, 6.45) is 5.08. The molecule has 5 heteroatoms. The second-order valence-electron chi connectivity index (χ2n) is 15.4. The van der Waals surface area contributed by atoms with E-state index in [9.17, 15) is 0 Å². The minimum absolute atomic E-state index is 0. The molecule has 0 aliphatic heterocycles. The molecule has 0 amide bonds. The summed E-state index contributed by atoms with van der Waals surface area (Å²) >= 11 is 0. The molecule has 0 saturated heterocycles. The molecule has 7 rings (SSSR count). The minimum atomic E-state index is -1.37. The fourth-order valence-electron chi connectivity index (χ4n) is 6.27. The van der Waals surface area contributed by atoms with Gasteiger partial charge in [0.1, 0.15) is 5.58 Å². The van der Waals surface area contributed by atoms with Gasteiger partial charge in [0.05, 0.1) is 13.7 Å². The first-order valence-corrected chi connectivity index (χ1v) is 20.7. The molecule has 0 atom stereocenters. The van der Waals surface area contributed by atoms with Crippen LogP contribution in [0.15, 0.2) is 120 Å². The molecule has 3 nitrogen and oxygen atoms in total. The van der Waals surface area contributed by atoms with Crippen LogP contribution >= 0.6 is 0 Å². The van der Waals surface area contributed by atoms with Crippen LogP contribution in [0.4, 0.5) is 0 Å². The number of benzene rings is 4. The Morgan fingerprint density at radius 1 is 0.740 bits per heavy atom. The zero-order chi connectivity index (χ0) is 34.8. The molecule has 0 aliphatic rings. The van der Waals surface area contributed by atoms with Crippen LogP contribution in [0.1, 0.15) is 51.7 Å². The van der Waals surface area contributed by atoms with Crippen molar-refractivity contribution in [2.45, 2.75) is 66.6 Å². The summed E-state index contributed by atoms with van der Waals surface area (Å²) in [7, 11) is -1.37. The predicted octanol–water partition coefficient (Wildman–Crippen LogP) is 11.9. The van der Waals surface area contributed by atoms with Crippen molar-refractivity contribution in [1.82, 2.24) is 9.97 Å². The van der Waals surface area contributed by atoms with E-state index in [2.05, 4.69) is 150 Å². The van der Waals surface area contributed by atoms with Crippen molar-refractivity contribution < 1.29 is 24.5 Å². The van der Waals surface area contributed by atoms with Gasteiger partial charge in [-0.2, -0.15) is 0 Å². The third-order valence-corrected chi connectivity index (χ3v) is 10.8. The summed E-state index contributed by atoms with van der Waals surface area (Å²) in [4.78, 5) is 9.30. The van der Waals surface area contributed by atoms with Crippen LogP contribution in [0.3, 0.4) is 0 Å². The molecule has 257 valence electrons. The number of hydrogen-bond donors (Lipinski definition) is 0. The number of fused-ring (bicyclic) bond motifs is 3. The molecule has 0 saturated carbocycles. The molecular weight excluding hydrogens is 805 g/mol. The van der Waals surface area contributed by atoms with Crippen LogP contribution in [0.5, 0.6) is 0 Å². The maximum absolute atomic E-state index is 6.33. The Hall–Kier alpha value is -4.15. The first-order valence-electron chi connectivity index (χ1n) is 17.2. The normalized spacial score (nSPS) is 11.7. The first kappa shape index (κ1) is 37.1. The molecule has 0 fully saturated rings. The van der Waals surface area contributed by atoms with Gasteiger partial charge in [-0.3, -0.25) is 0 Å². The van der Waals surface area contributed by atoms with Gasteiger partial charge in [-0.05, 0) is 57.6 Å². The number of hydrogen-bond acceptors (Lipinski definition) is 3. The topological polar surface area (TPSA) is 38.9 Å². The van der Waals surface area contributed by atoms with Crippen molar-refractivity contribution in [2.24, 2.45) is 5.41 Å². The summed E-state index contributed by atoms with van der Waals surface area (Å²) in [6, 6.07) is 42.0. The maximum Gasteiger partial charge on any atom is 0.121 e. The van der Waals surface area contributed by atoms with Crippen LogP contribution in [0, 0.1) is 17.5 Å². The van der Waals surface area contributed by atoms with Gasteiger partial charge in [0, 0.05) is 37.9 Å². The van der Waals surface area contributed by atoms with Gasteiger partial charge in [0.25, 0.3) is 0 Å². The molecule has 0 aliphatic carbocycles. The van der Waals surface area contributed by atoms with E-state index >= 15 is 0 Å². The van der Waals surface area contributed by atoms with Gasteiger partial charge in [0.2, 0.25) is 0 Å². The molecule has 0 unspecified atom stereocenters. The second-order valence-corrected chi connectivity index (χ2v) is 20.4. The van der Waals surface area contributed by atoms with Crippen LogP contribution < -0.4 is 5.19 Å². The van der Waals surface area contributed by atoms with Gasteiger partial charge in [-0.15, -0.1) is 54.1 Å². The molecule has 0 spiro atoms. The first-order chi connectivity index (χ1) is 23.4. The Balaban J connectivity index is 0.000000199. The van der Waals surface area contributed by atoms with E-state index in [4.69, 9.17) is 9.40 Å². The predicted molar refractivity (Wildman–Crippen MR) is 210 cm³/mol. The molecular formula is C45H46IrN2OSi-2. The molecule has 0 bridgehead atoms. The minimum Gasteiger partial charge on any atom is -0.501 e. The van der Waals surface area contributed by atoms with Crippen molar-refractivity contribution in [3.8, 4) is 33.6 Å². The zero-order valence-electron chi connectivity index (χ0n) is 30.4. The van der Waals surface area contributed by atoms with Gasteiger partial charge < -0.3 is 14.4 Å². The SMILES string of the molecule is CC(C)(C)Cc1cc(-c2[c-]cccc2)ncc1[Si](C)(C)C.CC(C)c1ccnc(-c2[c-]ccc3c2oc2cc(-c4ccccc4)ccc23)c1.[Ir]. The second kappa shape index (κ2) is 15.4. The Morgan fingerprint density at radius 3 is 2.18 bits per heavy atom. The van der Waals surface area contributed by atoms with E-state index in [-0.39, 0.29) is 25.5 Å². The molecule has 4 aromatic carbocycles. The largest absolute Gasteiger partial charge is 0.501 e. The van der Waals surface area contributed by atoms with Gasteiger partial charge >= 0.3 is 0 Å². The van der Waals surface area contributed by atoms with E-state index in [0.717, 1.165) is 56.4 Å². The van der Waals surface area contributed by atoms with Crippen molar-refractivity contribution in [2.75, 3.05) is 0 Å². The quantitative estimate of drug-likeness (QED) is 0.124. The fraction of sp³-hybridized carbons (Fsp3) is 0.244. The third-order valence-electron chi connectivity index (χ3n) is 8.75. The van der Waals surface area contributed by atoms with E-state index in [1.807, 2.05) is 36.5 Å². The number of nitrogens with zero attached hydrogens (tertiary/aromatic N) is 2. The summed E-state index contributed by atoms with van der Waals surface area (Å²) in [5.41, 5.74) is 11.0. The van der Waals surface area contributed by atoms with Crippen LogP contribution in [0.2, 0.25) is 19.6 Å². The summed E-state index contributed by atoms with van der Waals surface area (Å²) in [6.45, 7) is 18.5. The standard InChI is InChI=1S/C26H20NO.C19H26NSi.Ir/c1-17(2)19-13-14-27-24(15-19)23-10-6-9-22-21-12-11-20(16-25(21)28-26(22)23)18-7-4-3-5-8-18;1-19(2,3)13-16-12-17(15-10-8-7-9-11-15)20-14-18(16)21(4,5)6;/h3-9,11-17H,1-2H3;7-10,12,14H,13H2,1-6H3;/q2*-1;. The van der Waals surface area contributed by atoms with E-state index in [1.54, 1.807) is 0 Å². The van der Waals surface area contributed by atoms with Gasteiger partial charge in [-0.25, -0.2) is 0 Å². The monoisotopic (exact) mass is 851 g/mol. The fourth-order valence-corrected chi connectivity index (χ4v) is 7.85. The van der Waals surface area contributed by atoms with E-state index < -0.39 is 8.07 Å². The zero-order valence-corrected chi connectivity index (χ0v) is 33.8. The number of pyridine rings is 2. The number of rotatable bonds is 6. The average molecular weight is 851 g/mol. The Kier molecular flexibility index (Phi) is 11.4. The van der Waals surface area contributed by atoms with Crippen LogP contribution in [0.25, 0.3) is 55.6 Å². The van der Waals surface area contributed by atoms with Gasteiger partial charge in [0.15, 0.2) is 0 Å². The van der Waals surface area contributed by atoms with Gasteiger partial charge in [-0.1, -0.05) is 131 Å². The number of aromatic nitrogens is 2. The van der Waals surface area contributed by atoms with E-state index in [0.29, 0.717) is 5.92 Å². The smallest absolute Gasteiger partial charge is 0.121 e. The molecule has 7 aromatic rings. The Bertz CT molecular complexity index is 2190. The Labute approximate surface area is 312 Å². The van der Waals surface area contributed by atoms with Crippen molar-refractivity contribution >= 4 is 35.2 Å². The summed E-state index contributed by atoms with van der Waals surface area (Å²) in [5.74, 6) is 0.449. The summed E-state index contributed by atoms with van der Waals surface area (Å²) < 4.78 is 6.33. The van der Waals surface area contributed by atoms with Crippen molar-refractivity contribution in [3.63, 3.8) is 0 Å². The molecule has 3 heterocycles. The number of furan rings is 1. The molecule has 0 N–H and O–H groups in total. The Morgan fingerprint density at radius 2 is 1.50 bits per heavy atom.